The molecule has 1 heterocycles. The molecule has 0 amide bonds. The molecular formula is C15H23N3O. The van der Waals surface area contributed by atoms with E-state index in [9.17, 15) is 0 Å². The molecule has 1 aliphatic heterocycles. The summed E-state index contributed by atoms with van der Waals surface area (Å²) in [7, 11) is 1.76. The van der Waals surface area contributed by atoms with Gasteiger partial charge in [0.2, 0.25) is 0 Å². The van der Waals surface area contributed by atoms with Gasteiger partial charge in [0.1, 0.15) is 5.84 Å². The van der Waals surface area contributed by atoms with Crippen LogP contribution in [0.5, 0.6) is 0 Å². The van der Waals surface area contributed by atoms with Crippen LogP contribution < -0.4 is 10.6 Å². The quantitative estimate of drug-likeness (QED) is 0.645. The summed E-state index contributed by atoms with van der Waals surface area (Å²) in [4.78, 5) is 2.34. The van der Waals surface area contributed by atoms with Crippen molar-refractivity contribution in [3.63, 3.8) is 0 Å². The summed E-state index contributed by atoms with van der Waals surface area (Å²) in [5, 5.41) is 7.72. The molecule has 1 aromatic rings. The zero-order valence-corrected chi connectivity index (χ0v) is 11.8. The van der Waals surface area contributed by atoms with Crippen LogP contribution in [0.25, 0.3) is 0 Å². The van der Waals surface area contributed by atoms with Crippen molar-refractivity contribution in [3.8, 4) is 0 Å². The number of amidine groups is 1. The van der Waals surface area contributed by atoms with Crippen molar-refractivity contribution in [2.75, 3.05) is 31.7 Å². The fourth-order valence-electron chi connectivity index (χ4n) is 2.79. The first-order valence-electron chi connectivity index (χ1n) is 6.80. The molecule has 0 aromatic heterocycles. The fourth-order valence-corrected chi connectivity index (χ4v) is 2.79. The lowest BCUT2D eigenvalue weighted by molar-refractivity contribution is 0.143. The van der Waals surface area contributed by atoms with Gasteiger partial charge in [0.15, 0.2) is 0 Å². The molecule has 1 fully saturated rings. The number of anilines is 1. The number of nitrogens with two attached hydrogens (primary N) is 1. The van der Waals surface area contributed by atoms with Gasteiger partial charge in [-0.3, -0.25) is 5.41 Å². The number of rotatable bonds is 4. The van der Waals surface area contributed by atoms with Crippen LogP contribution >= 0.6 is 0 Å². The Bertz CT molecular complexity index is 457. The van der Waals surface area contributed by atoms with Crippen LogP contribution in [0.3, 0.4) is 0 Å². The number of ether oxygens (including phenoxy) is 1. The number of nitrogens with zero attached hydrogens (tertiary/aromatic N) is 1. The van der Waals surface area contributed by atoms with Crippen molar-refractivity contribution in [1.82, 2.24) is 0 Å². The third kappa shape index (κ3) is 3.26. The molecule has 1 unspecified atom stereocenters. The topological polar surface area (TPSA) is 62.3 Å². The predicted octanol–water partition coefficient (Wildman–Crippen LogP) is 2.14. The number of piperidine rings is 1. The molecule has 19 heavy (non-hydrogen) atoms. The summed E-state index contributed by atoms with van der Waals surface area (Å²) in [6, 6.07) is 6.09. The van der Waals surface area contributed by atoms with Crippen LogP contribution in [-0.4, -0.2) is 32.6 Å². The molecule has 4 heteroatoms. The monoisotopic (exact) mass is 261 g/mol. The van der Waals surface area contributed by atoms with Gasteiger partial charge >= 0.3 is 0 Å². The SMILES string of the molecule is COCC1CCCN(c2cc(C)ccc2C(=N)N)C1. The summed E-state index contributed by atoms with van der Waals surface area (Å²) in [5.74, 6) is 0.711. The van der Waals surface area contributed by atoms with Crippen molar-refractivity contribution in [1.29, 1.82) is 5.41 Å². The van der Waals surface area contributed by atoms with E-state index < -0.39 is 0 Å². The van der Waals surface area contributed by atoms with Gasteiger partial charge in [0, 0.05) is 31.5 Å². The molecule has 0 radical (unpaired) electrons. The van der Waals surface area contributed by atoms with Gasteiger partial charge in [0.25, 0.3) is 0 Å². The smallest absolute Gasteiger partial charge is 0.124 e. The highest BCUT2D eigenvalue weighted by molar-refractivity contribution is 6.00. The maximum atomic E-state index is 7.72. The largest absolute Gasteiger partial charge is 0.384 e. The minimum Gasteiger partial charge on any atom is -0.384 e. The first-order chi connectivity index (χ1) is 9.11. The minimum absolute atomic E-state index is 0.142. The number of nitrogens with one attached hydrogen (secondary N) is 1. The van der Waals surface area contributed by atoms with E-state index in [1.807, 2.05) is 12.1 Å². The first kappa shape index (κ1) is 13.9. The molecule has 1 saturated heterocycles. The van der Waals surface area contributed by atoms with E-state index in [2.05, 4.69) is 17.9 Å². The summed E-state index contributed by atoms with van der Waals surface area (Å²) in [6.45, 7) is 4.89. The zero-order valence-electron chi connectivity index (χ0n) is 11.8. The molecular weight excluding hydrogens is 238 g/mol. The van der Waals surface area contributed by atoms with Crippen LogP contribution in [0.2, 0.25) is 0 Å². The Hall–Kier alpha value is -1.55. The van der Waals surface area contributed by atoms with E-state index >= 15 is 0 Å². The molecule has 1 aliphatic rings. The van der Waals surface area contributed by atoms with E-state index in [1.165, 1.54) is 18.4 Å². The Morgan fingerprint density at radius 2 is 2.32 bits per heavy atom. The lowest BCUT2D eigenvalue weighted by Gasteiger charge is -2.35. The Labute approximate surface area is 115 Å². The third-order valence-corrected chi connectivity index (χ3v) is 3.71. The Morgan fingerprint density at radius 3 is 3.00 bits per heavy atom. The molecule has 1 aromatic carbocycles. The van der Waals surface area contributed by atoms with E-state index in [0.29, 0.717) is 5.92 Å². The molecule has 0 saturated carbocycles. The molecule has 3 N–H and O–H groups in total. The Morgan fingerprint density at radius 1 is 1.53 bits per heavy atom. The van der Waals surface area contributed by atoms with Crippen molar-refractivity contribution >= 4 is 11.5 Å². The van der Waals surface area contributed by atoms with E-state index in [1.54, 1.807) is 7.11 Å². The first-order valence-corrected chi connectivity index (χ1v) is 6.80. The molecule has 2 rings (SSSR count). The summed E-state index contributed by atoms with van der Waals surface area (Å²) >= 11 is 0. The van der Waals surface area contributed by atoms with Crippen molar-refractivity contribution in [2.45, 2.75) is 19.8 Å². The maximum absolute atomic E-state index is 7.72. The summed E-state index contributed by atoms with van der Waals surface area (Å²) < 4.78 is 5.27. The van der Waals surface area contributed by atoms with Crippen LogP contribution in [0, 0.1) is 18.3 Å². The highest BCUT2D eigenvalue weighted by atomic mass is 16.5. The fraction of sp³-hybridized carbons (Fsp3) is 0.533. The molecule has 4 nitrogen and oxygen atoms in total. The van der Waals surface area contributed by atoms with Gasteiger partial charge in [0.05, 0.1) is 6.61 Å². The van der Waals surface area contributed by atoms with Crippen LogP contribution in [0.15, 0.2) is 18.2 Å². The normalized spacial score (nSPS) is 19.5. The maximum Gasteiger partial charge on any atom is 0.124 e. The minimum atomic E-state index is 0.142. The van der Waals surface area contributed by atoms with Gasteiger partial charge in [-0.1, -0.05) is 6.07 Å². The number of aryl methyl sites for hydroxylation is 1. The lowest BCUT2D eigenvalue weighted by Crippen LogP contribution is -2.38. The highest BCUT2D eigenvalue weighted by Crippen LogP contribution is 2.27. The summed E-state index contributed by atoms with van der Waals surface area (Å²) in [5.41, 5.74) is 8.83. The number of benzene rings is 1. The third-order valence-electron chi connectivity index (χ3n) is 3.71. The van der Waals surface area contributed by atoms with Gasteiger partial charge in [-0.05, 0) is 43.4 Å². The number of methoxy groups -OCH3 is 1. The predicted molar refractivity (Wildman–Crippen MR) is 79.0 cm³/mol. The second kappa shape index (κ2) is 6.06. The van der Waals surface area contributed by atoms with Crippen LogP contribution in [-0.2, 0) is 4.74 Å². The summed E-state index contributed by atoms with van der Waals surface area (Å²) in [6.07, 6.45) is 2.38. The molecule has 104 valence electrons. The van der Waals surface area contributed by atoms with E-state index in [-0.39, 0.29) is 5.84 Å². The van der Waals surface area contributed by atoms with Crippen molar-refractivity contribution in [2.24, 2.45) is 11.7 Å². The van der Waals surface area contributed by atoms with Gasteiger partial charge in [-0.15, -0.1) is 0 Å². The van der Waals surface area contributed by atoms with E-state index in [0.717, 1.165) is 30.9 Å². The average Bonchev–Trinajstić information content (AvgIpc) is 2.39. The van der Waals surface area contributed by atoms with Crippen LogP contribution in [0.4, 0.5) is 5.69 Å². The number of hydrogen-bond acceptors (Lipinski definition) is 3. The van der Waals surface area contributed by atoms with Crippen LogP contribution in [0.1, 0.15) is 24.0 Å². The number of nitrogen functional groups attached to an aromatic ring is 1. The van der Waals surface area contributed by atoms with Crippen molar-refractivity contribution in [3.05, 3.63) is 29.3 Å². The van der Waals surface area contributed by atoms with Gasteiger partial charge in [-0.25, -0.2) is 0 Å². The Balaban J connectivity index is 2.24. The van der Waals surface area contributed by atoms with E-state index in [4.69, 9.17) is 15.9 Å². The van der Waals surface area contributed by atoms with Crippen molar-refractivity contribution < 1.29 is 4.74 Å². The highest BCUT2D eigenvalue weighted by Gasteiger charge is 2.22. The Kier molecular flexibility index (Phi) is 4.43. The molecule has 1 atom stereocenters. The second-order valence-corrected chi connectivity index (χ2v) is 5.34. The second-order valence-electron chi connectivity index (χ2n) is 5.34. The molecule has 0 aliphatic carbocycles. The molecule has 0 spiro atoms. The lowest BCUT2D eigenvalue weighted by atomic mass is 9.97. The standard InChI is InChI=1S/C15H23N3O/c1-11-5-6-13(15(16)17)14(8-11)18-7-3-4-12(9-18)10-19-2/h5-6,8,12H,3-4,7,9-10H2,1-2H3,(H3,16,17). The number of hydrogen-bond donors (Lipinski definition) is 2. The molecule has 0 bridgehead atoms. The zero-order chi connectivity index (χ0) is 13.8. The van der Waals surface area contributed by atoms with Gasteiger partial charge < -0.3 is 15.4 Å². The average molecular weight is 261 g/mol. The van der Waals surface area contributed by atoms with Gasteiger partial charge in [-0.2, -0.15) is 0 Å².